The Morgan fingerprint density at radius 1 is 1.40 bits per heavy atom. The van der Waals surface area contributed by atoms with Crippen molar-refractivity contribution in [1.82, 2.24) is 0 Å². The van der Waals surface area contributed by atoms with Crippen LogP contribution in [0.5, 0.6) is 0 Å². The minimum absolute atomic E-state index is 0.145. The van der Waals surface area contributed by atoms with Crippen molar-refractivity contribution in [1.29, 1.82) is 5.26 Å². The second-order valence-electron chi connectivity index (χ2n) is 4.60. The Bertz CT molecular complexity index is 643. The number of ether oxygens (including phenoxy) is 1. The van der Waals surface area contributed by atoms with Gasteiger partial charge >= 0.3 is 5.97 Å². The van der Waals surface area contributed by atoms with Crippen LogP contribution < -0.4 is 4.90 Å². The number of fused-ring (bicyclic) bond motifs is 1. The fraction of sp³-hybridized carbons (Fsp3) is 0.286. The fourth-order valence-electron chi connectivity index (χ4n) is 1.96. The third-order valence-corrected chi connectivity index (χ3v) is 2.75. The number of hydrogen-bond donors (Lipinski definition) is 0. The summed E-state index contributed by atoms with van der Waals surface area (Å²) in [6.07, 6.45) is -0.295. The first-order valence-corrected chi connectivity index (χ1v) is 6.04. The summed E-state index contributed by atoms with van der Waals surface area (Å²) >= 11 is 0. The maximum Gasteiger partial charge on any atom is 0.326 e. The Labute approximate surface area is 115 Å². The number of carbonyl (C=O) groups is 3. The Morgan fingerprint density at radius 3 is 2.70 bits per heavy atom. The van der Waals surface area contributed by atoms with E-state index in [1.807, 2.05) is 6.07 Å². The van der Waals surface area contributed by atoms with Crippen molar-refractivity contribution >= 4 is 23.3 Å². The Morgan fingerprint density at radius 2 is 2.10 bits per heavy atom. The van der Waals surface area contributed by atoms with Crippen molar-refractivity contribution in [2.75, 3.05) is 11.4 Å². The van der Waals surface area contributed by atoms with Gasteiger partial charge in [-0.25, -0.2) is 0 Å². The summed E-state index contributed by atoms with van der Waals surface area (Å²) in [5.41, 5.74) is 0.766. The van der Waals surface area contributed by atoms with Crippen LogP contribution in [0.15, 0.2) is 18.2 Å². The molecule has 1 aliphatic rings. The third-order valence-electron chi connectivity index (χ3n) is 2.75. The molecule has 2 rings (SSSR count). The number of hydrogen-bond acceptors (Lipinski definition) is 5. The molecule has 0 saturated heterocycles. The maximum atomic E-state index is 11.9. The van der Waals surface area contributed by atoms with Crippen LogP contribution in [0, 0.1) is 11.3 Å². The zero-order chi connectivity index (χ0) is 14.9. The van der Waals surface area contributed by atoms with Crippen molar-refractivity contribution in [2.45, 2.75) is 20.0 Å². The summed E-state index contributed by atoms with van der Waals surface area (Å²) < 4.78 is 4.96. The highest BCUT2D eigenvalue weighted by molar-refractivity contribution is 6.52. The SMILES string of the molecule is CC(C)OC(=O)CN1C(=O)C(=O)c2cc(C#N)ccc21. The van der Waals surface area contributed by atoms with Gasteiger partial charge in [-0.3, -0.25) is 19.3 Å². The average Bonchev–Trinajstić information content (AvgIpc) is 2.62. The van der Waals surface area contributed by atoms with E-state index in [1.165, 1.54) is 18.2 Å². The van der Waals surface area contributed by atoms with E-state index in [2.05, 4.69) is 0 Å². The van der Waals surface area contributed by atoms with Crippen molar-refractivity contribution < 1.29 is 19.1 Å². The normalized spacial score (nSPS) is 13.4. The van der Waals surface area contributed by atoms with Crippen LogP contribution in [0.4, 0.5) is 5.69 Å². The van der Waals surface area contributed by atoms with Gasteiger partial charge in [0.2, 0.25) is 0 Å². The molecule has 0 aromatic heterocycles. The lowest BCUT2D eigenvalue weighted by Gasteiger charge is -2.16. The van der Waals surface area contributed by atoms with E-state index in [0.717, 1.165) is 4.90 Å². The topological polar surface area (TPSA) is 87.5 Å². The monoisotopic (exact) mass is 272 g/mol. The van der Waals surface area contributed by atoms with Crippen LogP contribution in [0.3, 0.4) is 0 Å². The summed E-state index contributed by atoms with van der Waals surface area (Å²) in [6, 6.07) is 6.23. The summed E-state index contributed by atoms with van der Waals surface area (Å²) in [5.74, 6) is -2.08. The van der Waals surface area contributed by atoms with E-state index in [4.69, 9.17) is 10.00 Å². The van der Waals surface area contributed by atoms with Crippen molar-refractivity contribution in [3.63, 3.8) is 0 Å². The molecule has 0 saturated carbocycles. The van der Waals surface area contributed by atoms with E-state index >= 15 is 0 Å². The van der Waals surface area contributed by atoms with E-state index in [-0.39, 0.29) is 23.8 Å². The number of ketones is 1. The van der Waals surface area contributed by atoms with Gasteiger partial charge in [0.15, 0.2) is 0 Å². The quantitative estimate of drug-likeness (QED) is 0.606. The molecule has 0 radical (unpaired) electrons. The van der Waals surface area contributed by atoms with Crippen LogP contribution >= 0.6 is 0 Å². The number of benzene rings is 1. The lowest BCUT2D eigenvalue weighted by molar-refractivity contribution is -0.146. The van der Waals surface area contributed by atoms with Crippen LogP contribution in [-0.2, 0) is 14.3 Å². The second-order valence-corrected chi connectivity index (χ2v) is 4.60. The highest BCUT2D eigenvalue weighted by Gasteiger charge is 2.37. The van der Waals surface area contributed by atoms with Gasteiger partial charge in [-0.15, -0.1) is 0 Å². The van der Waals surface area contributed by atoms with Gasteiger partial charge in [0, 0.05) is 0 Å². The summed E-state index contributed by atoms with van der Waals surface area (Å²) in [5, 5.41) is 8.80. The molecule has 102 valence electrons. The third kappa shape index (κ3) is 2.38. The molecule has 6 heteroatoms. The Balaban J connectivity index is 2.30. The van der Waals surface area contributed by atoms with Crippen molar-refractivity contribution in [3.8, 4) is 6.07 Å². The predicted octanol–water partition coefficient (Wildman–Crippen LogP) is 1.04. The highest BCUT2D eigenvalue weighted by Crippen LogP contribution is 2.29. The molecule has 0 fully saturated rings. The molecule has 20 heavy (non-hydrogen) atoms. The first-order valence-electron chi connectivity index (χ1n) is 6.04. The molecule has 1 heterocycles. The molecular formula is C14H12N2O4. The van der Waals surface area contributed by atoms with Crippen molar-refractivity contribution in [3.05, 3.63) is 29.3 Å². The summed E-state index contributed by atoms with van der Waals surface area (Å²) in [4.78, 5) is 36.4. The van der Waals surface area contributed by atoms with Gasteiger partial charge in [-0.05, 0) is 32.0 Å². The predicted molar refractivity (Wildman–Crippen MR) is 69.1 cm³/mol. The average molecular weight is 272 g/mol. The molecule has 1 aromatic rings. The molecular weight excluding hydrogens is 260 g/mol. The van der Waals surface area contributed by atoms with Gasteiger partial charge in [-0.2, -0.15) is 5.26 Å². The first kappa shape index (κ1) is 13.7. The van der Waals surface area contributed by atoms with Crippen LogP contribution in [0.25, 0.3) is 0 Å². The van der Waals surface area contributed by atoms with Gasteiger partial charge in [-0.1, -0.05) is 0 Å². The molecule has 0 N–H and O–H groups in total. The Hall–Kier alpha value is -2.68. The standard InChI is InChI=1S/C14H12N2O4/c1-8(2)20-12(17)7-16-11-4-3-9(6-15)5-10(11)13(18)14(16)19/h3-5,8H,7H2,1-2H3. The molecule has 6 nitrogen and oxygen atoms in total. The number of nitriles is 1. The fourth-order valence-corrected chi connectivity index (χ4v) is 1.96. The summed E-state index contributed by atoms with van der Waals surface area (Å²) in [6.45, 7) is 3.08. The molecule has 0 atom stereocenters. The molecule has 1 amide bonds. The number of esters is 1. The van der Waals surface area contributed by atoms with E-state index in [1.54, 1.807) is 13.8 Å². The van der Waals surface area contributed by atoms with Crippen LogP contribution in [0.1, 0.15) is 29.8 Å². The number of amides is 1. The second kappa shape index (κ2) is 5.13. The van der Waals surface area contributed by atoms with E-state index in [0.29, 0.717) is 5.69 Å². The van der Waals surface area contributed by atoms with Gasteiger partial charge in [0.25, 0.3) is 11.7 Å². The highest BCUT2D eigenvalue weighted by atomic mass is 16.5. The number of anilines is 1. The van der Waals surface area contributed by atoms with Gasteiger partial charge < -0.3 is 4.74 Å². The number of carbonyl (C=O) groups excluding carboxylic acids is 3. The molecule has 0 bridgehead atoms. The molecule has 0 spiro atoms. The molecule has 0 unspecified atom stereocenters. The maximum absolute atomic E-state index is 11.9. The largest absolute Gasteiger partial charge is 0.462 e. The minimum atomic E-state index is -0.782. The summed E-state index contributed by atoms with van der Waals surface area (Å²) in [7, 11) is 0. The molecule has 1 aliphatic heterocycles. The number of Topliss-reactive ketones (excluding diaryl/α,β-unsaturated/α-hetero) is 1. The Kier molecular flexibility index (Phi) is 3.53. The lowest BCUT2D eigenvalue weighted by atomic mass is 10.1. The zero-order valence-electron chi connectivity index (χ0n) is 11.0. The zero-order valence-corrected chi connectivity index (χ0v) is 11.0. The minimum Gasteiger partial charge on any atom is -0.462 e. The van der Waals surface area contributed by atoms with Crippen LogP contribution in [-0.4, -0.2) is 30.3 Å². The lowest BCUT2D eigenvalue weighted by Crippen LogP contribution is -2.36. The van der Waals surface area contributed by atoms with Gasteiger partial charge in [0.05, 0.1) is 29.0 Å². The number of nitrogens with zero attached hydrogens (tertiary/aromatic N) is 2. The van der Waals surface area contributed by atoms with E-state index in [9.17, 15) is 14.4 Å². The number of rotatable bonds is 3. The smallest absolute Gasteiger partial charge is 0.326 e. The van der Waals surface area contributed by atoms with Crippen molar-refractivity contribution in [2.24, 2.45) is 0 Å². The van der Waals surface area contributed by atoms with Crippen LogP contribution in [0.2, 0.25) is 0 Å². The van der Waals surface area contributed by atoms with Gasteiger partial charge in [0.1, 0.15) is 6.54 Å². The molecule has 0 aliphatic carbocycles. The van der Waals surface area contributed by atoms with E-state index < -0.39 is 17.7 Å². The first-order chi connectivity index (χ1) is 9.43. The molecule has 1 aromatic carbocycles.